The minimum Gasteiger partial charge on any atom is -0.317 e. The molecular weight excluding hydrogens is 194 g/mol. The highest BCUT2D eigenvalue weighted by Gasteiger charge is 2.11. The summed E-state index contributed by atoms with van der Waals surface area (Å²) in [5, 5.41) is 3.54. The van der Waals surface area contributed by atoms with E-state index in [0.29, 0.717) is 0 Å². The van der Waals surface area contributed by atoms with Crippen LogP contribution in [0.5, 0.6) is 0 Å². The van der Waals surface area contributed by atoms with Crippen LogP contribution in [0.2, 0.25) is 0 Å². The van der Waals surface area contributed by atoms with Crippen molar-refractivity contribution in [3.8, 4) is 0 Å². The number of nitrogens with one attached hydrogen (secondary N) is 1. The number of hydrogen-bond donors (Lipinski definition) is 1. The first-order valence-electron chi connectivity index (χ1n) is 7.64. The maximum atomic E-state index is 3.54. The van der Waals surface area contributed by atoms with E-state index in [-0.39, 0.29) is 0 Å². The lowest BCUT2D eigenvalue weighted by atomic mass is 9.94. The molecule has 0 radical (unpaired) electrons. The van der Waals surface area contributed by atoms with Crippen LogP contribution in [0.3, 0.4) is 0 Å². The van der Waals surface area contributed by atoms with Crippen molar-refractivity contribution < 1.29 is 0 Å². The van der Waals surface area contributed by atoms with Crippen LogP contribution in [0.4, 0.5) is 0 Å². The maximum absolute atomic E-state index is 3.54. The van der Waals surface area contributed by atoms with Crippen LogP contribution in [0, 0.1) is 5.92 Å². The van der Waals surface area contributed by atoms with Crippen LogP contribution >= 0.6 is 0 Å². The molecule has 1 heteroatoms. The van der Waals surface area contributed by atoms with Crippen LogP contribution in [0.1, 0.15) is 77.6 Å². The van der Waals surface area contributed by atoms with E-state index in [2.05, 4.69) is 12.2 Å². The average molecular weight is 225 g/mol. The molecule has 0 unspecified atom stereocenters. The summed E-state index contributed by atoms with van der Waals surface area (Å²) in [5.74, 6) is 1.07. The smallest absolute Gasteiger partial charge is 0.00489 e. The first kappa shape index (κ1) is 14.0. The van der Waals surface area contributed by atoms with Gasteiger partial charge in [0.05, 0.1) is 0 Å². The molecule has 1 aliphatic rings. The zero-order valence-corrected chi connectivity index (χ0v) is 11.3. The van der Waals surface area contributed by atoms with Gasteiger partial charge in [-0.25, -0.2) is 0 Å². The molecule has 96 valence electrons. The van der Waals surface area contributed by atoms with Gasteiger partial charge in [-0.3, -0.25) is 0 Å². The minimum atomic E-state index is 1.07. The SMILES string of the molecule is CCCCNCCCCC1CCCCCC1. The Morgan fingerprint density at radius 3 is 2.25 bits per heavy atom. The van der Waals surface area contributed by atoms with E-state index in [9.17, 15) is 0 Å². The third-order valence-electron chi connectivity index (χ3n) is 3.90. The lowest BCUT2D eigenvalue weighted by Crippen LogP contribution is -2.16. The fourth-order valence-electron chi connectivity index (χ4n) is 2.76. The molecule has 1 nitrogen and oxygen atoms in total. The molecule has 1 aliphatic carbocycles. The summed E-state index contributed by atoms with van der Waals surface area (Å²) in [7, 11) is 0. The van der Waals surface area contributed by atoms with Gasteiger partial charge in [0.25, 0.3) is 0 Å². The first-order valence-corrected chi connectivity index (χ1v) is 7.64. The Morgan fingerprint density at radius 2 is 1.56 bits per heavy atom. The molecule has 0 atom stereocenters. The van der Waals surface area contributed by atoms with Crippen molar-refractivity contribution in [3.63, 3.8) is 0 Å². The third kappa shape index (κ3) is 7.27. The summed E-state index contributed by atoms with van der Waals surface area (Å²) in [5.41, 5.74) is 0. The standard InChI is InChI=1S/C15H31N/c1-2-3-13-16-14-9-8-12-15-10-6-4-5-7-11-15/h15-16H,2-14H2,1H3. The van der Waals surface area contributed by atoms with Gasteiger partial charge in [0.15, 0.2) is 0 Å². The van der Waals surface area contributed by atoms with Crippen molar-refractivity contribution in [2.24, 2.45) is 5.92 Å². The Balaban J connectivity index is 1.86. The van der Waals surface area contributed by atoms with Crippen LogP contribution in [0.15, 0.2) is 0 Å². The fraction of sp³-hybridized carbons (Fsp3) is 1.00. The van der Waals surface area contributed by atoms with Gasteiger partial charge in [0.2, 0.25) is 0 Å². The van der Waals surface area contributed by atoms with Gasteiger partial charge in [0, 0.05) is 0 Å². The van der Waals surface area contributed by atoms with Gasteiger partial charge in [-0.15, -0.1) is 0 Å². The van der Waals surface area contributed by atoms with E-state index >= 15 is 0 Å². The predicted molar refractivity (Wildman–Crippen MR) is 72.8 cm³/mol. The van der Waals surface area contributed by atoms with Gasteiger partial charge in [-0.1, -0.05) is 64.7 Å². The number of rotatable bonds is 8. The van der Waals surface area contributed by atoms with Gasteiger partial charge < -0.3 is 5.32 Å². The fourth-order valence-corrected chi connectivity index (χ4v) is 2.76. The van der Waals surface area contributed by atoms with E-state index in [1.807, 2.05) is 0 Å². The molecule has 0 saturated heterocycles. The van der Waals surface area contributed by atoms with E-state index in [0.717, 1.165) is 5.92 Å². The molecule has 0 aromatic heterocycles. The average Bonchev–Trinajstić information content (AvgIpc) is 2.56. The van der Waals surface area contributed by atoms with Crippen molar-refractivity contribution in [1.82, 2.24) is 5.32 Å². The molecule has 0 aliphatic heterocycles. The highest BCUT2D eigenvalue weighted by Crippen LogP contribution is 2.26. The van der Waals surface area contributed by atoms with Crippen molar-refractivity contribution >= 4 is 0 Å². The van der Waals surface area contributed by atoms with Crippen molar-refractivity contribution in [1.29, 1.82) is 0 Å². The van der Waals surface area contributed by atoms with Crippen molar-refractivity contribution in [3.05, 3.63) is 0 Å². The second-order valence-electron chi connectivity index (χ2n) is 5.46. The Bertz CT molecular complexity index is 136. The topological polar surface area (TPSA) is 12.0 Å². The highest BCUT2D eigenvalue weighted by molar-refractivity contribution is 4.65. The molecule has 1 rings (SSSR count). The number of hydrogen-bond acceptors (Lipinski definition) is 1. The molecule has 0 aromatic carbocycles. The van der Waals surface area contributed by atoms with E-state index in [1.54, 1.807) is 0 Å². The van der Waals surface area contributed by atoms with Crippen LogP contribution < -0.4 is 5.32 Å². The molecule has 0 amide bonds. The van der Waals surface area contributed by atoms with Gasteiger partial charge >= 0.3 is 0 Å². The van der Waals surface area contributed by atoms with E-state index < -0.39 is 0 Å². The zero-order chi connectivity index (χ0) is 11.5. The summed E-state index contributed by atoms with van der Waals surface area (Å²) in [6.45, 7) is 4.72. The monoisotopic (exact) mass is 225 g/mol. The number of unbranched alkanes of at least 4 members (excludes halogenated alkanes) is 2. The summed E-state index contributed by atoms with van der Waals surface area (Å²) in [4.78, 5) is 0. The Hall–Kier alpha value is -0.0400. The molecule has 0 aromatic rings. The molecule has 0 spiro atoms. The van der Waals surface area contributed by atoms with Gasteiger partial charge in [0.1, 0.15) is 0 Å². The second kappa shape index (κ2) is 10.1. The first-order chi connectivity index (χ1) is 7.93. The second-order valence-corrected chi connectivity index (χ2v) is 5.46. The maximum Gasteiger partial charge on any atom is -0.00489 e. The van der Waals surface area contributed by atoms with Crippen molar-refractivity contribution in [2.45, 2.75) is 77.6 Å². The van der Waals surface area contributed by atoms with Gasteiger partial charge in [-0.2, -0.15) is 0 Å². The lowest BCUT2D eigenvalue weighted by molar-refractivity contribution is 0.407. The van der Waals surface area contributed by atoms with Gasteiger partial charge in [-0.05, 0) is 31.8 Å². The van der Waals surface area contributed by atoms with Crippen LogP contribution in [0.25, 0.3) is 0 Å². The molecule has 1 saturated carbocycles. The molecular formula is C15H31N. The normalized spacial score (nSPS) is 18.6. The predicted octanol–water partition coefficient (Wildman–Crippen LogP) is 4.52. The molecule has 1 fully saturated rings. The molecule has 1 N–H and O–H groups in total. The minimum absolute atomic E-state index is 1.07. The van der Waals surface area contributed by atoms with Crippen LogP contribution in [-0.2, 0) is 0 Å². The summed E-state index contributed by atoms with van der Waals surface area (Å²) in [6, 6.07) is 0. The quantitative estimate of drug-likeness (QED) is 0.473. The molecule has 0 bridgehead atoms. The molecule has 16 heavy (non-hydrogen) atoms. The Labute approximate surface area is 102 Å². The van der Waals surface area contributed by atoms with E-state index in [4.69, 9.17) is 0 Å². The largest absolute Gasteiger partial charge is 0.317 e. The third-order valence-corrected chi connectivity index (χ3v) is 3.90. The Morgan fingerprint density at radius 1 is 0.875 bits per heavy atom. The highest BCUT2D eigenvalue weighted by atomic mass is 14.8. The van der Waals surface area contributed by atoms with Crippen molar-refractivity contribution in [2.75, 3.05) is 13.1 Å². The molecule has 0 heterocycles. The summed E-state index contributed by atoms with van der Waals surface area (Å²) in [6.07, 6.45) is 16.0. The lowest BCUT2D eigenvalue weighted by Gasteiger charge is -2.13. The zero-order valence-electron chi connectivity index (χ0n) is 11.3. The van der Waals surface area contributed by atoms with E-state index in [1.165, 1.54) is 83.7 Å². The van der Waals surface area contributed by atoms with Crippen LogP contribution in [-0.4, -0.2) is 13.1 Å². The summed E-state index contributed by atoms with van der Waals surface area (Å²) >= 11 is 0. The Kier molecular flexibility index (Phi) is 8.88. The summed E-state index contributed by atoms with van der Waals surface area (Å²) < 4.78 is 0.